The molecule has 0 unspecified atom stereocenters. The third-order valence-corrected chi connectivity index (χ3v) is 6.42. The number of aliphatic carboxylic acids is 1. The molecule has 1 aromatic heterocycles. The molecule has 3 heterocycles. The SMILES string of the molecule is COCCN1CCCC2(CCN(Cc3nc(C)cs3)CC2)C1=O.O=C(O)C(F)(F)F. The molecule has 2 aliphatic rings. The van der Waals surface area contributed by atoms with Gasteiger partial charge in [0, 0.05) is 31.3 Å². The second kappa shape index (κ2) is 10.5. The van der Waals surface area contributed by atoms with E-state index in [1.54, 1.807) is 18.4 Å². The Labute approximate surface area is 177 Å². The van der Waals surface area contributed by atoms with Gasteiger partial charge in [-0.3, -0.25) is 9.69 Å². The molecule has 30 heavy (non-hydrogen) atoms. The number of likely N-dealkylation sites (tertiary alicyclic amines) is 2. The van der Waals surface area contributed by atoms with Gasteiger partial charge in [-0.25, -0.2) is 9.78 Å². The number of rotatable bonds is 5. The van der Waals surface area contributed by atoms with E-state index in [1.807, 2.05) is 11.8 Å². The van der Waals surface area contributed by atoms with Gasteiger partial charge in [-0.1, -0.05) is 0 Å². The summed E-state index contributed by atoms with van der Waals surface area (Å²) in [6, 6.07) is 0. The number of halogens is 3. The van der Waals surface area contributed by atoms with Gasteiger partial charge in [-0.2, -0.15) is 13.2 Å². The lowest BCUT2D eigenvalue weighted by atomic mass is 9.71. The van der Waals surface area contributed by atoms with Crippen LogP contribution in [0.3, 0.4) is 0 Å². The number of carbonyl (C=O) groups excluding carboxylic acids is 1. The van der Waals surface area contributed by atoms with Gasteiger partial charge in [0.15, 0.2) is 0 Å². The number of ether oxygens (including phenoxy) is 1. The summed E-state index contributed by atoms with van der Waals surface area (Å²) in [5.74, 6) is -2.39. The number of aryl methyl sites for hydroxylation is 1. The Kier molecular flexibility index (Phi) is 8.62. The molecule has 0 aliphatic carbocycles. The van der Waals surface area contributed by atoms with Crippen LogP contribution in [-0.2, 0) is 20.9 Å². The topological polar surface area (TPSA) is 83.0 Å². The average Bonchev–Trinajstić information content (AvgIpc) is 3.09. The Morgan fingerprint density at radius 2 is 1.93 bits per heavy atom. The lowest BCUT2D eigenvalue weighted by molar-refractivity contribution is -0.192. The molecule has 0 atom stereocenters. The minimum atomic E-state index is -5.08. The predicted octanol–water partition coefficient (Wildman–Crippen LogP) is 2.94. The third kappa shape index (κ3) is 6.64. The monoisotopic (exact) mass is 451 g/mol. The smallest absolute Gasteiger partial charge is 0.475 e. The molecule has 0 bridgehead atoms. The van der Waals surface area contributed by atoms with Crippen molar-refractivity contribution in [2.75, 3.05) is 39.9 Å². The summed E-state index contributed by atoms with van der Waals surface area (Å²) in [7, 11) is 1.70. The zero-order valence-electron chi connectivity index (χ0n) is 17.2. The molecular formula is C19H28F3N3O4S. The van der Waals surface area contributed by atoms with Crippen molar-refractivity contribution in [2.24, 2.45) is 5.41 Å². The van der Waals surface area contributed by atoms with Crippen molar-refractivity contribution in [2.45, 2.75) is 45.3 Å². The molecule has 2 saturated heterocycles. The Morgan fingerprint density at radius 1 is 1.30 bits per heavy atom. The fourth-order valence-corrected chi connectivity index (χ4v) is 4.65. The van der Waals surface area contributed by atoms with Crippen molar-refractivity contribution in [1.82, 2.24) is 14.8 Å². The molecule has 170 valence electrons. The minimum Gasteiger partial charge on any atom is -0.475 e. The van der Waals surface area contributed by atoms with Crippen LogP contribution in [0.15, 0.2) is 5.38 Å². The number of aromatic nitrogens is 1. The van der Waals surface area contributed by atoms with Gasteiger partial charge in [0.2, 0.25) is 5.91 Å². The van der Waals surface area contributed by atoms with Crippen molar-refractivity contribution < 1.29 is 32.6 Å². The first-order chi connectivity index (χ1) is 14.1. The average molecular weight is 452 g/mol. The third-order valence-electron chi connectivity index (χ3n) is 5.47. The summed E-state index contributed by atoms with van der Waals surface area (Å²) in [6.45, 7) is 7.24. The zero-order valence-corrected chi connectivity index (χ0v) is 18.0. The van der Waals surface area contributed by atoms with Gasteiger partial charge in [0.25, 0.3) is 0 Å². The first-order valence-corrected chi connectivity index (χ1v) is 10.7. The molecule has 0 saturated carbocycles. The van der Waals surface area contributed by atoms with Crippen LogP contribution in [0.4, 0.5) is 13.2 Å². The molecule has 7 nitrogen and oxygen atoms in total. The van der Waals surface area contributed by atoms with Crippen LogP contribution in [0, 0.1) is 12.3 Å². The van der Waals surface area contributed by atoms with E-state index in [0.717, 1.165) is 64.1 Å². The van der Waals surface area contributed by atoms with Gasteiger partial charge in [0.05, 0.1) is 18.6 Å². The highest BCUT2D eigenvalue weighted by Gasteiger charge is 2.45. The van der Waals surface area contributed by atoms with Gasteiger partial charge in [0.1, 0.15) is 5.01 Å². The van der Waals surface area contributed by atoms with E-state index in [-0.39, 0.29) is 5.41 Å². The van der Waals surface area contributed by atoms with Crippen LogP contribution in [0.2, 0.25) is 0 Å². The normalized spacial score (nSPS) is 19.5. The summed E-state index contributed by atoms with van der Waals surface area (Å²) in [4.78, 5) is 30.8. The number of carbonyl (C=O) groups is 2. The molecule has 2 fully saturated rings. The highest BCUT2D eigenvalue weighted by Crippen LogP contribution is 2.41. The van der Waals surface area contributed by atoms with Crippen LogP contribution >= 0.6 is 11.3 Å². The van der Waals surface area contributed by atoms with E-state index in [2.05, 4.69) is 15.3 Å². The Hall–Kier alpha value is -1.72. The van der Waals surface area contributed by atoms with Crippen molar-refractivity contribution in [1.29, 1.82) is 0 Å². The van der Waals surface area contributed by atoms with Crippen molar-refractivity contribution in [3.8, 4) is 0 Å². The second-order valence-electron chi connectivity index (χ2n) is 7.63. The number of thiazole rings is 1. The number of carboxylic acids is 1. The number of piperidine rings is 2. The van der Waals surface area contributed by atoms with Crippen LogP contribution in [-0.4, -0.2) is 77.8 Å². The van der Waals surface area contributed by atoms with Crippen molar-refractivity contribution >= 4 is 23.2 Å². The van der Waals surface area contributed by atoms with Crippen LogP contribution in [0.5, 0.6) is 0 Å². The number of hydrogen-bond donors (Lipinski definition) is 1. The molecule has 2 aliphatic heterocycles. The van der Waals surface area contributed by atoms with E-state index in [0.29, 0.717) is 12.5 Å². The van der Waals surface area contributed by atoms with E-state index in [4.69, 9.17) is 14.6 Å². The molecule has 11 heteroatoms. The van der Waals surface area contributed by atoms with Crippen molar-refractivity contribution in [3.05, 3.63) is 16.1 Å². The summed E-state index contributed by atoms with van der Waals surface area (Å²) >= 11 is 1.74. The van der Waals surface area contributed by atoms with E-state index in [1.165, 1.54) is 5.01 Å². The van der Waals surface area contributed by atoms with Gasteiger partial charge in [-0.15, -0.1) is 11.3 Å². The fourth-order valence-electron chi connectivity index (χ4n) is 3.84. The zero-order chi connectivity index (χ0) is 22.4. The Bertz CT molecular complexity index is 718. The van der Waals surface area contributed by atoms with Crippen LogP contribution in [0.1, 0.15) is 36.4 Å². The molecule has 0 radical (unpaired) electrons. The standard InChI is InChI=1S/C17H27N3O2S.C2HF3O2/c1-14-13-23-15(18-14)12-19-8-5-17(6-9-19)4-3-7-20(16(17)21)10-11-22-2;3-2(4,5)1(6)7/h13H,3-12H2,1-2H3;(H,6,7). The molecule has 1 spiro atoms. The quantitative estimate of drug-likeness (QED) is 0.741. The van der Waals surface area contributed by atoms with Gasteiger partial charge >= 0.3 is 12.1 Å². The molecule has 1 aromatic rings. The minimum absolute atomic E-state index is 0.110. The maximum Gasteiger partial charge on any atom is 0.490 e. The number of amides is 1. The summed E-state index contributed by atoms with van der Waals surface area (Å²) in [5.41, 5.74) is 0.996. The lowest BCUT2D eigenvalue weighted by Gasteiger charge is -2.46. The number of nitrogens with zero attached hydrogens (tertiary/aromatic N) is 3. The summed E-state index contributed by atoms with van der Waals surface area (Å²) in [5, 5.41) is 10.4. The molecule has 1 amide bonds. The van der Waals surface area contributed by atoms with E-state index < -0.39 is 12.1 Å². The number of methoxy groups -OCH3 is 1. The molecule has 0 aromatic carbocycles. The second-order valence-corrected chi connectivity index (χ2v) is 8.57. The van der Waals surface area contributed by atoms with E-state index in [9.17, 15) is 18.0 Å². The van der Waals surface area contributed by atoms with Crippen molar-refractivity contribution in [3.63, 3.8) is 0 Å². The molecule has 3 rings (SSSR count). The first kappa shape index (κ1) is 24.5. The van der Waals surface area contributed by atoms with Crippen LogP contribution < -0.4 is 0 Å². The van der Waals surface area contributed by atoms with Crippen LogP contribution in [0.25, 0.3) is 0 Å². The maximum atomic E-state index is 12.9. The number of hydrogen-bond acceptors (Lipinski definition) is 6. The van der Waals surface area contributed by atoms with E-state index >= 15 is 0 Å². The largest absolute Gasteiger partial charge is 0.490 e. The first-order valence-electron chi connectivity index (χ1n) is 9.79. The lowest BCUT2D eigenvalue weighted by Crippen LogP contribution is -2.54. The molecular weight excluding hydrogens is 423 g/mol. The Morgan fingerprint density at radius 3 is 2.43 bits per heavy atom. The maximum absolute atomic E-state index is 12.9. The Balaban J connectivity index is 0.000000396. The predicted molar refractivity (Wildman–Crippen MR) is 105 cm³/mol. The highest BCUT2D eigenvalue weighted by atomic mass is 32.1. The summed E-state index contributed by atoms with van der Waals surface area (Å²) < 4.78 is 36.9. The molecule has 1 N–H and O–H groups in total. The number of alkyl halides is 3. The summed E-state index contributed by atoms with van der Waals surface area (Å²) in [6.07, 6.45) is -0.931. The highest BCUT2D eigenvalue weighted by molar-refractivity contribution is 7.09. The fraction of sp³-hybridized carbons (Fsp3) is 0.737. The number of carboxylic acid groups (broad SMARTS) is 1. The van der Waals surface area contributed by atoms with Gasteiger partial charge < -0.3 is 14.7 Å². The van der Waals surface area contributed by atoms with Gasteiger partial charge in [-0.05, 0) is 45.7 Å².